The molecular weight excluding hydrogens is 434 g/mol. The Morgan fingerprint density at radius 3 is 2.73 bits per heavy atom. The number of pyridine rings is 1. The fourth-order valence-corrected chi connectivity index (χ4v) is 6.26. The van der Waals surface area contributed by atoms with Crippen LogP contribution in [0, 0.1) is 6.92 Å². The molecule has 7 heteroatoms. The molecular formula is C26H29N3O3S. The van der Waals surface area contributed by atoms with Crippen molar-refractivity contribution in [2.24, 2.45) is 7.05 Å². The molecule has 0 saturated carbocycles. The van der Waals surface area contributed by atoms with Crippen LogP contribution in [0.5, 0.6) is 0 Å². The highest BCUT2D eigenvalue weighted by molar-refractivity contribution is 7.19. The molecule has 0 radical (unpaired) electrons. The minimum atomic E-state index is -1.11. The van der Waals surface area contributed by atoms with Gasteiger partial charge >= 0.3 is 5.97 Å². The van der Waals surface area contributed by atoms with Crippen molar-refractivity contribution in [3.05, 3.63) is 46.1 Å². The number of hydrogen-bond donors (Lipinski definition) is 1. The first-order chi connectivity index (χ1) is 15.6. The molecule has 3 aromatic heterocycles. The predicted molar refractivity (Wildman–Crippen MR) is 132 cm³/mol. The van der Waals surface area contributed by atoms with E-state index in [1.54, 1.807) is 11.3 Å². The van der Waals surface area contributed by atoms with E-state index in [-0.39, 0.29) is 0 Å². The molecule has 0 saturated heterocycles. The van der Waals surface area contributed by atoms with Crippen LogP contribution in [-0.2, 0) is 29.4 Å². The van der Waals surface area contributed by atoms with Gasteiger partial charge in [0, 0.05) is 39.5 Å². The fourth-order valence-electron chi connectivity index (χ4n) is 4.94. The molecule has 0 amide bonds. The van der Waals surface area contributed by atoms with Gasteiger partial charge in [-0.1, -0.05) is 6.07 Å². The molecule has 1 aromatic carbocycles. The van der Waals surface area contributed by atoms with Crippen LogP contribution in [0.1, 0.15) is 61.4 Å². The number of ether oxygens (including phenoxy) is 1. The molecule has 0 unspecified atom stereocenters. The number of hydrogen-bond acceptors (Lipinski definition) is 5. The predicted octanol–water partition coefficient (Wildman–Crippen LogP) is 5.98. The number of aromatic nitrogens is 3. The zero-order chi connectivity index (χ0) is 23.5. The van der Waals surface area contributed by atoms with Crippen molar-refractivity contribution in [2.45, 2.75) is 65.1 Å². The number of thiophene rings is 1. The lowest BCUT2D eigenvalue weighted by Gasteiger charge is -2.28. The molecule has 0 aliphatic heterocycles. The Kier molecular flexibility index (Phi) is 5.29. The smallest absolute Gasteiger partial charge is 0.337 e. The molecule has 1 aliphatic rings. The van der Waals surface area contributed by atoms with Gasteiger partial charge in [0.05, 0.1) is 17.3 Å². The summed E-state index contributed by atoms with van der Waals surface area (Å²) >= 11 is 1.76. The molecule has 0 fully saturated rings. The number of carbonyl (C=O) groups is 1. The first kappa shape index (κ1) is 22.0. The van der Waals surface area contributed by atoms with Crippen LogP contribution in [-0.4, -0.2) is 31.4 Å². The lowest BCUT2D eigenvalue weighted by Crippen LogP contribution is -2.28. The number of benzene rings is 1. The molecule has 172 valence electrons. The summed E-state index contributed by atoms with van der Waals surface area (Å²) in [6, 6.07) is 6.25. The molecule has 1 aliphatic carbocycles. The highest BCUT2D eigenvalue weighted by Crippen LogP contribution is 2.46. The minimum absolute atomic E-state index is 0.622. The van der Waals surface area contributed by atoms with Gasteiger partial charge in [-0.15, -0.1) is 11.3 Å². The zero-order valence-corrected chi connectivity index (χ0v) is 20.5. The van der Waals surface area contributed by atoms with Crippen LogP contribution in [0.15, 0.2) is 24.4 Å². The van der Waals surface area contributed by atoms with Crippen LogP contribution < -0.4 is 0 Å². The van der Waals surface area contributed by atoms with Gasteiger partial charge in [0.15, 0.2) is 6.10 Å². The molecule has 1 atom stereocenters. The Hall–Kier alpha value is -2.77. The van der Waals surface area contributed by atoms with Crippen molar-refractivity contribution >= 4 is 38.4 Å². The number of aliphatic carboxylic acids is 1. The average molecular weight is 464 g/mol. The Balaban J connectivity index is 1.87. The van der Waals surface area contributed by atoms with Gasteiger partial charge in [0.1, 0.15) is 4.83 Å². The third kappa shape index (κ3) is 3.83. The van der Waals surface area contributed by atoms with E-state index in [9.17, 15) is 9.90 Å². The molecule has 0 bridgehead atoms. The number of rotatable bonds is 4. The Labute approximate surface area is 197 Å². The Morgan fingerprint density at radius 1 is 1.24 bits per heavy atom. The van der Waals surface area contributed by atoms with E-state index in [1.165, 1.54) is 16.9 Å². The lowest BCUT2D eigenvalue weighted by atomic mass is 9.87. The number of carboxylic acid groups (broad SMARTS) is 1. The van der Waals surface area contributed by atoms with E-state index < -0.39 is 17.7 Å². The van der Waals surface area contributed by atoms with Crippen LogP contribution in [0.4, 0.5) is 0 Å². The lowest BCUT2D eigenvalue weighted by molar-refractivity contribution is -0.160. The summed E-state index contributed by atoms with van der Waals surface area (Å²) in [6.45, 7) is 7.57. The first-order valence-corrected chi connectivity index (χ1v) is 12.2. The Bertz CT molecular complexity index is 1390. The summed E-state index contributed by atoms with van der Waals surface area (Å²) in [5.74, 6) is -0.998. The quantitative estimate of drug-likeness (QED) is 0.403. The van der Waals surface area contributed by atoms with E-state index in [4.69, 9.17) is 9.72 Å². The molecule has 1 N–H and O–H groups in total. The van der Waals surface area contributed by atoms with Crippen molar-refractivity contribution in [1.29, 1.82) is 0 Å². The van der Waals surface area contributed by atoms with Gasteiger partial charge < -0.3 is 9.84 Å². The van der Waals surface area contributed by atoms with E-state index in [0.29, 0.717) is 11.3 Å². The second-order valence-electron chi connectivity index (χ2n) is 9.87. The topological polar surface area (TPSA) is 77.2 Å². The Morgan fingerprint density at radius 2 is 2.00 bits per heavy atom. The van der Waals surface area contributed by atoms with Gasteiger partial charge in [-0.3, -0.25) is 4.68 Å². The molecule has 0 spiro atoms. The van der Waals surface area contributed by atoms with Gasteiger partial charge in [-0.2, -0.15) is 5.10 Å². The van der Waals surface area contributed by atoms with E-state index >= 15 is 0 Å². The molecule has 4 aromatic rings. The van der Waals surface area contributed by atoms with Crippen molar-refractivity contribution in [3.8, 4) is 11.1 Å². The summed E-state index contributed by atoms with van der Waals surface area (Å²) in [4.78, 5) is 19.8. The third-order valence-corrected chi connectivity index (χ3v) is 7.51. The summed E-state index contributed by atoms with van der Waals surface area (Å²) in [5.41, 5.74) is 5.03. The fraction of sp³-hybridized carbons (Fsp3) is 0.423. The normalized spacial score (nSPS) is 15.2. The van der Waals surface area contributed by atoms with Gasteiger partial charge in [0.25, 0.3) is 0 Å². The van der Waals surface area contributed by atoms with Gasteiger partial charge in [-0.25, -0.2) is 9.78 Å². The molecule has 6 nitrogen and oxygen atoms in total. The minimum Gasteiger partial charge on any atom is -0.479 e. The zero-order valence-electron chi connectivity index (χ0n) is 19.7. The number of fused-ring (bicyclic) bond motifs is 4. The van der Waals surface area contributed by atoms with Crippen molar-refractivity contribution in [2.75, 3.05) is 0 Å². The highest BCUT2D eigenvalue weighted by atomic mass is 32.1. The number of carboxylic acids is 1. The van der Waals surface area contributed by atoms with Crippen LogP contribution >= 0.6 is 11.3 Å². The van der Waals surface area contributed by atoms with E-state index in [0.717, 1.165) is 51.5 Å². The van der Waals surface area contributed by atoms with E-state index in [1.807, 2.05) is 45.6 Å². The van der Waals surface area contributed by atoms with Crippen molar-refractivity contribution in [3.63, 3.8) is 0 Å². The first-order valence-electron chi connectivity index (χ1n) is 11.4. The molecule has 33 heavy (non-hydrogen) atoms. The summed E-state index contributed by atoms with van der Waals surface area (Å²) in [6.07, 6.45) is 5.14. The van der Waals surface area contributed by atoms with Gasteiger partial charge in [-0.05, 0) is 76.6 Å². The maximum absolute atomic E-state index is 12.5. The van der Waals surface area contributed by atoms with Crippen LogP contribution in [0.25, 0.3) is 32.2 Å². The van der Waals surface area contributed by atoms with Crippen molar-refractivity contribution in [1.82, 2.24) is 14.8 Å². The molecule has 5 rings (SSSR count). The second-order valence-corrected chi connectivity index (χ2v) is 11.0. The van der Waals surface area contributed by atoms with Gasteiger partial charge in [0.2, 0.25) is 0 Å². The monoisotopic (exact) mass is 463 g/mol. The maximum Gasteiger partial charge on any atom is 0.337 e. The average Bonchev–Trinajstić information content (AvgIpc) is 3.30. The SMILES string of the molecule is Cc1nc2sc3c(c2c(-c2ccc4c(cnn4C)c2)c1[C@H](OC(C)(C)C)C(=O)O)CCCC3. The maximum atomic E-state index is 12.5. The number of nitrogens with zero attached hydrogens (tertiary/aromatic N) is 3. The largest absolute Gasteiger partial charge is 0.479 e. The third-order valence-electron chi connectivity index (χ3n) is 6.32. The van der Waals surface area contributed by atoms with Crippen molar-refractivity contribution < 1.29 is 14.6 Å². The standard InChI is InChI=1S/C26H29N3O3S/c1-14-20(23(25(30)31)32-26(2,3)4)21(15-10-11-18-16(12-15)13-27-29(18)5)22-17-8-6-7-9-19(17)33-24(22)28-14/h10-13,23H,6-9H2,1-5H3,(H,30,31)/t23-/m0/s1. The van der Waals surface area contributed by atoms with Crippen LogP contribution in [0.2, 0.25) is 0 Å². The summed E-state index contributed by atoms with van der Waals surface area (Å²) < 4.78 is 7.99. The molecule has 3 heterocycles. The van der Waals surface area contributed by atoms with E-state index in [2.05, 4.69) is 23.3 Å². The second kappa shape index (κ2) is 7.92. The van der Waals surface area contributed by atoms with Crippen LogP contribution in [0.3, 0.4) is 0 Å². The summed E-state index contributed by atoms with van der Waals surface area (Å²) in [5, 5.41) is 16.8. The summed E-state index contributed by atoms with van der Waals surface area (Å²) in [7, 11) is 1.93. The number of aryl methyl sites for hydroxylation is 4. The highest BCUT2D eigenvalue weighted by Gasteiger charge is 2.34.